The molecule has 6 amide bonds. The Hall–Kier alpha value is -6.81. The molecule has 19 nitrogen and oxygen atoms in total. The summed E-state index contributed by atoms with van der Waals surface area (Å²) in [5.41, 5.74) is 0.215. The Bertz CT molecular complexity index is 2020. The molecule has 3 rings (SSSR count). The van der Waals surface area contributed by atoms with Gasteiger partial charge in [0.2, 0.25) is 17.7 Å². The number of nitro groups is 1. The van der Waals surface area contributed by atoms with Gasteiger partial charge in [0, 0.05) is 56.5 Å². The van der Waals surface area contributed by atoms with Crippen molar-refractivity contribution >= 4 is 53.2 Å². The molecule has 1 heterocycles. The van der Waals surface area contributed by atoms with Crippen molar-refractivity contribution in [2.45, 2.75) is 104 Å². The Morgan fingerprint density at radius 2 is 1.56 bits per heavy atom. The molecule has 2 aromatic rings. The summed E-state index contributed by atoms with van der Waals surface area (Å²) in [6.45, 7) is 10.5. The summed E-state index contributed by atoms with van der Waals surface area (Å²) >= 11 is 0. The summed E-state index contributed by atoms with van der Waals surface area (Å²) in [7, 11) is 1.50. The zero-order valence-corrected chi connectivity index (χ0v) is 36.0. The number of nitrogens with zero attached hydrogens (tertiary/aromatic N) is 3. The Morgan fingerprint density at radius 3 is 2.16 bits per heavy atom. The fraction of sp³-hybridized carbons (Fsp3) is 0.465. The first kappa shape index (κ1) is 49.6. The number of carbonyl (C=O) groups excluding carboxylic acids is 7. The van der Waals surface area contributed by atoms with Crippen LogP contribution < -0.4 is 26.0 Å². The first-order valence-electron chi connectivity index (χ1n) is 20.0. The molecule has 0 bridgehead atoms. The molecule has 1 aliphatic rings. The van der Waals surface area contributed by atoms with Crippen molar-refractivity contribution in [3.05, 3.63) is 75.9 Å². The molecule has 0 radical (unpaired) electrons. The predicted octanol–water partition coefficient (Wildman–Crippen LogP) is 4.34. The van der Waals surface area contributed by atoms with Gasteiger partial charge in [-0.05, 0) is 88.4 Å². The van der Waals surface area contributed by atoms with Crippen LogP contribution in [-0.4, -0.2) is 100 Å². The number of nitro benzene ring substituents is 1. The highest BCUT2D eigenvalue weighted by atomic mass is 16.7. The standard InChI is InChI=1S/C43H55N7O12/c1-9-13-34(44-22-11-10-12-23-49-35(51)20-21-36(49)52)39(54)47-37(27(2)3)40(55)45-28(4)38(53)46-31-15-14-29(30(24-31)25-48(8)41(56)62-43(5,6)7)26-60-42(57)61-33-18-16-32(17-19-33)50(58)59/h1,14-21,24,27-28,34,37,44H,10-13,22-23,25-26H2,2-8H3,(H,45,55)(H,46,53)(H,47,54)/t28-,34-,37-/m0/s1. The van der Waals surface area contributed by atoms with Crippen LogP contribution in [0.5, 0.6) is 5.75 Å². The van der Waals surface area contributed by atoms with Gasteiger partial charge in [-0.25, -0.2) is 9.59 Å². The van der Waals surface area contributed by atoms with Crippen LogP contribution in [0, 0.1) is 28.4 Å². The van der Waals surface area contributed by atoms with Gasteiger partial charge >= 0.3 is 12.2 Å². The lowest BCUT2D eigenvalue weighted by atomic mass is 10.0. The molecule has 4 N–H and O–H groups in total. The number of nitrogens with one attached hydrogen (secondary N) is 4. The number of ether oxygens (including phenoxy) is 3. The zero-order valence-electron chi connectivity index (χ0n) is 36.0. The fourth-order valence-corrected chi connectivity index (χ4v) is 5.83. The summed E-state index contributed by atoms with van der Waals surface area (Å²) in [6, 6.07) is 6.59. The molecule has 0 spiro atoms. The second kappa shape index (κ2) is 23.3. The number of carbonyl (C=O) groups is 7. The molecular weight excluding hydrogens is 807 g/mol. The van der Waals surface area contributed by atoms with Gasteiger partial charge in [-0.1, -0.05) is 26.3 Å². The number of unbranched alkanes of at least 4 members (excludes halogenated alkanes) is 2. The van der Waals surface area contributed by atoms with Gasteiger partial charge in [0.05, 0.1) is 11.0 Å². The largest absolute Gasteiger partial charge is 0.514 e. The summed E-state index contributed by atoms with van der Waals surface area (Å²) in [4.78, 5) is 102. The normalized spacial score (nSPS) is 13.7. The van der Waals surface area contributed by atoms with Gasteiger partial charge in [0.15, 0.2) is 0 Å². The lowest BCUT2D eigenvalue weighted by Crippen LogP contribution is -2.56. The zero-order chi connectivity index (χ0) is 46.1. The maximum absolute atomic E-state index is 13.5. The molecule has 19 heteroatoms. The topological polar surface area (TPSA) is 245 Å². The maximum atomic E-state index is 13.5. The molecule has 1 aliphatic heterocycles. The van der Waals surface area contributed by atoms with E-state index < -0.39 is 58.6 Å². The minimum absolute atomic E-state index is 0.0170. The van der Waals surface area contributed by atoms with E-state index in [9.17, 15) is 43.7 Å². The van der Waals surface area contributed by atoms with Crippen LogP contribution in [0.1, 0.15) is 78.4 Å². The first-order valence-corrected chi connectivity index (χ1v) is 20.0. The molecule has 2 aromatic carbocycles. The number of non-ortho nitro benzene ring substituents is 1. The third-order valence-corrected chi connectivity index (χ3v) is 9.17. The second-order valence-corrected chi connectivity index (χ2v) is 15.8. The molecular formula is C43H55N7O12. The van der Waals surface area contributed by atoms with Crippen LogP contribution in [0.2, 0.25) is 0 Å². The maximum Gasteiger partial charge on any atom is 0.514 e. The monoisotopic (exact) mass is 861 g/mol. The summed E-state index contributed by atoms with van der Waals surface area (Å²) in [5, 5.41) is 22.2. The lowest BCUT2D eigenvalue weighted by Gasteiger charge is -2.26. The molecule has 0 fully saturated rings. The van der Waals surface area contributed by atoms with Crippen LogP contribution in [0.3, 0.4) is 0 Å². The van der Waals surface area contributed by atoms with Gasteiger partial charge in [0.25, 0.3) is 17.5 Å². The Labute approximate surface area is 360 Å². The number of benzene rings is 2. The SMILES string of the molecule is C#CC[C@H](NCCCCCN1C(=O)C=CC1=O)C(=O)N[C@H](C(=O)N[C@@H](C)C(=O)Nc1ccc(COC(=O)Oc2ccc([N+](=O)[O-])cc2)c(CN(C)C(=O)OC(C)(C)C)c1)C(C)C. The smallest absolute Gasteiger partial charge is 0.444 e. The molecule has 0 unspecified atom stereocenters. The van der Waals surface area contributed by atoms with Crippen LogP contribution >= 0.6 is 0 Å². The van der Waals surface area contributed by atoms with Gasteiger partial charge < -0.3 is 40.4 Å². The van der Waals surface area contributed by atoms with Crippen LogP contribution in [-0.2, 0) is 46.6 Å². The summed E-state index contributed by atoms with van der Waals surface area (Å²) < 4.78 is 15.9. The minimum Gasteiger partial charge on any atom is -0.444 e. The van der Waals surface area contributed by atoms with Gasteiger partial charge in [0.1, 0.15) is 30.0 Å². The predicted molar refractivity (Wildman–Crippen MR) is 226 cm³/mol. The van der Waals surface area contributed by atoms with E-state index in [4.69, 9.17) is 20.6 Å². The van der Waals surface area contributed by atoms with Crippen molar-refractivity contribution in [2.24, 2.45) is 5.92 Å². The fourth-order valence-electron chi connectivity index (χ4n) is 5.83. The van der Waals surface area contributed by atoms with E-state index >= 15 is 0 Å². The highest BCUT2D eigenvalue weighted by Gasteiger charge is 2.30. The highest BCUT2D eigenvalue weighted by Crippen LogP contribution is 2.22. The number of hydrogen-bond acceptors (Lipinski definition) is 13. The second-order valence-electron chi connectivity index (χ2n) is 15.8. The van der Waals surface area contributed by atoms with E-state index in [1.54, 1.807) is 46.8 Å². The van der Waals surface area contributed by atoms with Crippen molar-refractivity contribution in [2.75, 3.05) is 25.5 Å². The van der Waals surface area contributed by atoms with Gasteiger partial charge in [-0.3, -0.25) is 39.0 Å². The minimum atomic E-state index is -1.09. The molecule has 3 atom stereocenters. The van der Waals surface area contributed by atoms with E-state index in [1.807, 2.05) is 0 Å². The van der Waals surface area contributed by atoms with Gasteiger partial charge in [-0.2, -0.15) is 0 Å². The molecule has 0 saturated heterocycles. The number of amides is 6. The van der Waals surface area contributed by atoms with E-state index in [-0.39, 0.29) is 54.4 Å². The third kappa shape index (κ3) is 16.0. The number of hydrogen-bond donors (Lipinski definition) is 4. The number of terminal acetylenes is 1. The van der Waals surface area contributed by atoms with E-state index in [0.29, 0.717) is 43.5 Å². The molecule has 62 heavy (non-hydrogen) atoms. The number of anilines is 1. The summed E-state index contributed by atoms with van der Waals surface area (Å²) in [6.07, 6.45) is 8.23. The van der Waals surface area contributed by atoms with Crippen molar-refractivity contribution in [3.63, 3.8) is 0 Å². The van der Waals surface area contributed by atoms with E-state index in [0.717, 1.165) is 0 Å². The number of rotatable bonds is 21. The highest BCUT2D eigenvalue weighted by molar-refractivity contribution is 6.12. The summed E-state index contributed by atoms with van der Waals surface area (Å²) in [5.74, 6) is -0.274. The lowest BCUT2D eigenvalue weighted by molar-refractivity contribution is -0.384. The Morgan fingerprint density at radius 1 is 0.903 bits per heavy atom. The Balaban J connectivity index is 1.63. The molecule has 0 saturated carbocycles. The molecule has 334 valence electrons. The molecule has 0 aromatic heterocycles. The number of imide groups is 1. The van der Waals surface area contributed by atoms with Crippen LogP contribution in [0.25, 0.3) is 0 Å². The Kier molecular flexibility index (Phi) is 18.6. The average Bonchev–Trinajstić information content (AvgIpc) is 3.52. The van der Waals surface area contributed by atoms with Crippen molar-refractivity contribution in [3.8, 4) is 18.1 Å². The van der Waals surface area contributed by atoms with Gasteiger partial charge in [-0.15, -0.1) is 12.3 Å². The van der Waals surface area contributed by atoms with E-state index in [1.165, 1.54) is 66.3 Å². The van der Waals surface area contributed by atoms with Crippen molar-refractivity contribution < 1.29 is 52.7 Å². The quantitative estimate of drug-likeness (QED) is 0.0260. The van der Waals surface area contributed by atoms with Crippen LogP contribution in [0.4, 0.5) is 21.0 Å². The van der Waals surface area contributed by atoms with Crippen molar-refractivity contribution in [1.29, 1.82) is 0 Å². The molecule has 0 aliphatic carbocycles. The van der Waals surface area contributed by atoms with E-state index in [2.05, 4.69) is 27.2 Å². The van der Waals surface area contributed by atoms with Crippen LogP contribution in [0.15, 0.2) is 54.6 Å². The third-order valence-electron chi connectivity index (χ3n) is 9.17. The van der Waals surface area contributed by atoms with Crippen molar-refractivity contribution in [1.82, 2.24) is 25.8 Å². The average molecular weight is 862 g/mol. The first-order chi connectivity index (χ1) is 29.2.